The Balaban J connectivity index is 1.85. The molecule has 0 aromatic heterocycles. The summed E-state index contributed by atoms with van der Waals surface area (Å²) in [7, 11) is 0. The molecule has 2 atom stereocenters. The molecule has 26 heavy (non-hydrogen) atoms. The van der Waals surface area contributed by atoms with Crippen molar-refractivity contribution >= 4 is 17.4 Å². The second-order valence-corrected chi connectivity index (χ2v) is 6.62. The summed E-state index contributed by atoms with van der Waals surface area (Å²) in [6.45, 7) is 5.54. The number of morpholine rings is 1. The van der Waals surface area contributed by atoms with E-state index in [1.165, 1.54) is 6.92 Å². The number of rotatable bonds is 5. The van der Waals surface area contributed by atoms with E-state index in [1.54, 1.807) is 24.3 Å². The fourth-order valence-corrected chi connectivity index (χ4v) is 3.27. The van der Waals surface area contributed by atoms with Crippen molar-refractivity contribution in [2.24, 2.45) is 0 Å². The average Bonchev–Trinajstić information content (AvgIpc) is 2.63. The molecule has 136 valence electrons. The highest BCUT2D eigenvalue weighted by Crippen LogP contribution is 2.25. The third-order valence-corrected chi connectivity index (χ3v) is 4.54. The Morgan fingerprint density at radius 2 is 1.92 bits per heavy atom. The topological polar surface area (TPSA) is 58.6 Å². The zero-order valence-corrected chi connectivity index (χ0v) is 15.1. The number of nitrogens with zero attached hydrogens (tertiary/aromatic N) is 1. The normalized spacial score (nSPS) is 18.9. The van der Waals surface area contributed by atoms with Crippen LogP contribution < -0.4 is 5.32 Å². The summed E-state index contributed by atoms with van der Waals surface area (Å²) in [5, 5.41) is 2.97. The maximum atomic E-state index is 13.1. The summed E-state index contributed by atoms with van der Waals surface area (Å²) in [6, 6.07) is 16.4. The van der Waals surface area contributed by atoms with E-state index in [2.05, 4.69) is 10.2 Å². The Morgan fingerprint density at radius 1 is 1.15 bits per heavy atom. The van der Waals surface area contributed by atoms with E-state index < -0.39 is 6.04 Å². The first kappa shape index (κ1) is 18.3. The quantitative estimate of drug-likeness (QED) is 0.839. The standard InChI is InChI=1S/C21H24N2O3/c1-15-14-23(11-12-26-15)20(17-7-4-3-5-8-17)21(25)22-19-10-6-9-18(13-19)16(2)24/h3-10,13,15,20H,11-12,14H2,1-2H3,(H,22,25). The van der Waals surface area contributed by atoms with E-state index in [-0.39, 0.29) is 17.8 Å². The van der Waals surface area contributed by atoms with Gasteiger partial charge in [-0.05, 0) is 31.5 Å². The molecule has 1 fully saturated rings. The van der Waals surface area contributed by atoms with Gasteiger partial charge in [0.1, 0.15) is 6.04 Å². The van der Waals surface area contributed by atoms with Crippen LogP contribution in [0.1, 0.15) is 35.8 Å². The lowest BCUT2D eigenvalue weighted by atomic mass is 10.0. The van der Waals surface area contributed by atoms with Gasteiger partial charge in [-0.1, -0.05) is 42.5 Å². The number of Topliss-reactive ketones (excluding diaryl/α,β-unsaturated/α-hetero) is 1. The van der Waals surface area contributed by atoms with Crippen molar-refractivity contribution < 1.29 is 14.3 Å². The molecule has 3 rings (SSSR count). The minimum Gasteiger partial charge on any atom is -0.376 e. The molecule has 1 aliphatic rings. The van der Waals surface area contributed by atoms with Crippen molar-refractivity contribution in [1.82, 2.24) is 4.90 Å². The second-order valence-electron chi connectivity index (χ2n) is 6.62. The van der Waals surface area contributed by atoms with E-state index in [4.69, 9.17) is 4.74 Å². The van der Waals surface area contributed by atoms with Crippen LogP contribution in [0.15, 0.2) is 54.6 Å². The van der Waals surface area contributed by atoms with Gasteiger partial charge < -0.3 is 10.1 Å². The maximum Gasteiger partial charge on any atom is 0.246 e. The molecule has 5 nitrogen and oxygen atoms in total. The summed E-state index contributed by atoms with van der Waals surface area (Å²) in [5.41, 5.74) is 2.16. The zero-order chi connectivity index (χ0) is 18.5. The van der Waals surface area contributed by atoms with Crippen molar-refractivity contribution in [2.75, 3.05) is 25.0 Å². The highest BCUT2D eigenvalue weighted by Gasteiger charge is 2.31. The molecule has 0 bridgehead atoms. The molecular formula is C21H24N2O3. The van der Waals surface area contributed by atoms with Gasteiger partial charge in [0.2, 0.25) is 5.91 Å². The predicted octanol–water partition coefficient (Wildman–Crippen LogP) is 3.29. The van der Waals surface area contributed by atoms with Crippen LogP contribution in [0.4, 0.5) is 5.69 Å². The van der Waals surface area contributed by atoms with Crippen LogP contribution in [0, 0.1) is 0 Å². The molecule has 5 heteroatoms. The Bertz CT molecular complexity index is 776. The highest BCUT2D eigenvalue weighted by atomic mass is 16.5. The Labute approximate surface area is 154 Å². The number of hydrogen-bond acceptors (Lipinski definition) is 4. The molecule has 1 aliphatic heterocycles. The van der Waals surface area contributed by atoms with Crippen LogP contribution >= 0.6 is 0 Å². The van der Waals surface area contributed by atoms with Crippen LogP contribution in [0.3, 0.4) is 0 Å². The van der Waals surface area contributed by atoms with Gasteiger partial charge in [-0.25, -0.2) is 0 Å². The second kappa shape index (κ2) is 8.25. The lowest BCUT2D eigenvalue weighted by molar-refractivity contribution is -0.124. The summed E-state index contributed by atoms with van der Waals surface area (Å²) in [4.78, 5) is 26.9. The van der Waals surface area contributed by atoms with Crippen LogP contribution in [0.5, 0.6) is 0 Å². The van der Waals surface area contributed by atoms with Gasteiger partial charge in [0.15, 0.2) is 5.78 Å². The average molecular weight is 352 g/mol. The van der Waals surface area contributed by atoms with Gasteiger partial charge in [-0.15, -0.1) is 0 Å². The lowest BCUT2D eigenvalue weighted by Gasteiger charge is -2.36. The smallest absolute Gasteiger partial charge is 0.246 e. The van der Waals surface area contributed by atoms with Gasteiger partial charge in [-0.2, -0.15) is 0 Å². The van der Waals surface area contributed by atoms with Gasteiger partial charge in [-0.3, -0.25) is 14.5 Å². The van der Waals surface area contributed by atoms with Crippen LogP contribution in [-0.4, -0.2) is 42.4 Å². The fraction of sp³-hybridized carbons (Fsp3) is 0.333. The molecule has 0 saturated carbocycles. The van der Waals surface area contributed by atoms with E-state index >= 15 is 0 Å². The highest BCUT2D eigenvalue weighted by molar-refractivity contribution is 5.98. The molecule has 0 aliphatic carbocycles. The van der Waals surface area contributed by atoms with Gasteiger partial charge >= 0.3 is 0 Å². The van der Waals surface area contributed by atoms with Crippen molar-refractivity contribution in [3.05, 3.63) is 65.7 Å². The molecule has 1 amide bonds. The molecule has 2 unspecified atom stereocenters. The molecule has 0 radical (unpaired) electrons. The van der Waals surface area contributed by atoms with Crippen LogP contribution in [0.2, 0.25) is 0 Å². The third-order valence-electron chi connectivity index (χ3n) is 4.54. The summed E-state index contributed by atoms with van der Waals surface area (Å²) in [5.74, 6) is -0.131. The Morgan fingerprint density at radius 3 is 2.62 bits per heavy atom. The lowest BCUT2D eigenvalue weighted by Crippen LogP contribution is -2.46. The summed E-state index contributed by atoms with van der Waals surface area (Å²) in [6.07, 6.45) is 0.0869. The molecule has 1 heterocycles. The van der Waals surface area contributed by atoms with E-state index in [0.717, 1.165) is 5.56 Å². The Hall–Kier alpha value is -2.50. The number of anilines is 1. The molecule has 1 N–H and O–H groups in total. The molecule has 2 aromatic rings. The van der Waals surface area contributed by atoms with Crippen LogP contribution in [-0.2, 0) is 9.53 Å². The maximum absolute atomic E-state index is 13.1. The molecule has 1 saturated heterocycles. The number of hydrogen-bond donors (Lipinski definition) is 1. The van der Waals surface area contributed by atoms with Crippen molar-refractivity contribution in [1.29, 1.82) is 0 Å². The molecule has 2 aromatic carbocycles. The van der Waals surface area contributed by atoms with Gasteiger partial charge in [0, 0.05) is 24.3 Å². The number of amides is 1. The molecule has 0 spiro atoms. The zero-order valence-electron chi connectivity index (χ0n) is 15.1. The minimum atomic E-state index is -0.400. The van der Waals surface area contributed by atoms with Crippen LogP contribution in [0.25, 0.3) is 0 Å². The number of carbonyl (C=O) groups is 2. The van der Waals surface area contributed by atoms with E-state index in [1.807, 2.05) is 37.3 Å². The third kappa shape index (κ3) is 4.36. The van der Waals surface area contributed by atoms with E-state index in [0.29, 0.717) is 30.9 Å². The largest absolute Gasteiger partial charge is 0.376 e. The Kier molecular flexibility index (Phi) is 5.81. The first-order valence-electron chi connectivity index (χ1n) is 8.87. The first-order chi connectivity index (χ1) is 12.5. The van der Waals surface area contributed by atoms with E-state index in [9.17, 15) is 9.59 Å². The fourth-order valence-electron chi connectivity index (χ4n) is 3.27. The number of ketones is 1. The predicted molar refractivity (Wildman–Crippen MR) is 101 cm³/mol. The monoisotopic (exact) mass is 352 g/mol. The molecular weight excluding hydrogens is 328 g/mol. The first-order valence-corrected chi connectivity index (χ1v) is 8.87. The van der Waals surface area contributed by atoms with Gasteiger partial charge in [0.25, 0.3) is 0 Å². The van der Waals surface area contributed by atoms with Crippen molar-refractivity contribution in [2.45, 2.75) is 26.0 Å². The number of benzene rings is 2. The number of ether oxygens (including phenoxy) is 1. The summed E-state index contributed by atoms with van der Waals surface area (Å²) < 4.78 is 5.62. The number of carbonyl (C=O) groups excluding carboxylic acids is 2. The SMILES string of the molecule is CC(=O)c1cccc(NC(=O)C(c2ccccc2)N2CCOC(C)C2)c1. The van der Waals surface area contributed by atoms with Crippen molar-refractivity contribution in [3.63, 3.8) is 0 Å². The number of nitrogens with one attached hydrogen (secondary N) is 1. The summed E-state index contributed by atoms with van der Waals surface area (Å²) >= 11 is 0. The minimum absolute atomic E-state index is 0.0253. The van der Waals surface area contributed by atoms with Crippen molar-refractivity contribution in [3.8, 4) is 0 Å². The van der Waals surface area contributed by atoms with Gasteiger partial charge in [0.05, 0.1) is 12.7 Å².